The van der Waals surface area contributed by atoms with Crippen molar-refractivity contribution in [2.24, 2.45) is 0 Å². The van der Waals surface area contributed by atoms with Gasteiger partial charge in [0.2, 0.25) is 0 Å². The number of fused-ring (bicyclic) bond motifs is 1. The summed E-state index contributed by atoms with van der Waals surface area (Å²) in [6.45, 7) is 19.0. The standard InChI is InChI=1S/C58H64N2P2/c1-41(2)49-33-23-34-50(42(3)4)55(49)59-39-40-60(56-51(43(5)6)35-24-36-52(56)44(7)8)57(59)58-61(45-25-13-9-14-26-45,46-27-15-10-16-28-46)53-37-21-22-38-54(53)62(58,47-29-17-11-18-30-47)48-31-19-12-20-32-48/h9-44,57-58,61-62H,1-8H3. The molecule has 0 radical (unpaired) electrons. The van der Waals surface area contributed by atoms with E-state index in [0.29, 0.717) is 23.7 Å². The third kappa shape index (κ3) is 6.60. The molecule has 0 N–H and O–H groups in total. The molecule has 2 aliphatic rings. The average molecular weight is 851 g/mol. The van der Waals surface area contributed by atoms with Crippen molar-refractivity contribution in [2.75, 3.05) is 9.80 Å². The van der Waals surface area contributed by atoms with E-state index in [1.165, 1.54) is 54.8 Å². The topological polar surface area (TPSA) is 6.48 Å². The Balaban J connectivity index is 1.54. The molecule has 4 heteroatoms. The van der Waals surface area contributed by atoms with Crippen molar-refractivity contribution in [1.82, 2.24) is 0 Å². The summed E-state index contributed by atoms with van der Waals surface area (Å²) >= 11 is 0. The first-order valence-electron chi connectivity index (χ1n) is 23.0. The van der Waals surface area contributed by atoms with Crippen molar-refractivity contribution in [3.05, 3.63) is 217 Å². The molecular formula is C58H64N2P2. The van der Waals surface area contributed by atoms with Crippen LogP contribution in [0.15, 0.2) is 194 Å². The molecule has 2 heterocycles. The molecule has 0 bridgehead atoms. The number of para-hydroxylation sites is 2. The van der Waals surface area contributed by atoms with Gasteiger partial charge in [0.15, 0.2) is 0 Å². The van der Waals surface area contributed by atoms with Crippen molar-refractivity contribution in [2.45, 2.75) is 90.6 Å². The summed E-state index contributed by atoms with van der Waals surface area (Å²) in [6.07, 6.45) is 4.90. The number of rotatable bonds is 11. The Hall–Kier alpha value is -5.26. The fourth-order valence-electron chi connectivity index (χ4n) is 11.6. The Morgan fingerprint density at radius 3 is 0.839 bits per heavy atom. The molecule has 62 heavy (non-hydrogen) atoms. The molecule has 0 saturated heterocycles. The third-order valence-electron chi connectivity index (χ3n) is 14.1. The monoisotopic (exact) mass is 850 g/mol. The molecule has 0 amide bonds. The van der Waals surface area contributed by atoms with E-state index in [2.05, 4.69) is 260 Å². The van der Waals surface area contributed by atoms with Crippen LogP contribution in [0, 0.1) is 0 Å². The molecular weight excluding hydrogens is 787 g/mol. The molecule has 2 nitrogen and oxygen atoms in total. The molecule has 7 aromatic rings. The summed E-state index contributed by atoms with van der Waals surface area (Å²) in [7, 11) is -6.18. The van der Waals surface area contributed by atoms with Gasteiger partial charge >= 0.3 is 375 Å². The van der Waals surface area contributed by atoms with Crippen LogP contribution >= 0.6 is 14.5 Å². The summed E-state index contributed by atoms with van der Waals surface area (Å²) < 4.78 is 0. The Kier molecular flexibility index (Phi) is 11.6. The molecule has 7 aromatic carbocycles. The van der Waals surface area contributed by atoms with E-state index >= 15 is 0 Å². The zero-order chi connectivity index (χ0) is 43.2. The van der Waals surface area contributed by atoms with Crippen LogP contribution in [0.25, 0.3) is 0 Å². The van der Waals surface area contributed by atoms with E-state index in [4.69, 9.17) is 0 Å². The first kappa shape index (κ1) is 42.1. The minimum absolute atomic E-state index is 0.0867. The first-order valence-corrected chi connectivity index (χ1v) is 27.1. The van der Waals surface area contributed by atoms with Gasteiger partial charge in [-0.15, -0.1) is 0 Å². The van der Waals surface area contributed by atoms with Gasteiger partial charge in [-0.25, -0.2) is 0 Å². The fraction of sp³-hybridized carbons (Fsp3) is 0.241. The zero-order valence-electron chi connectivity index (χ0n) is 37.8. The van der Waals surface area contributed by atoms with E-state index in [1.54, 1.807) is 10.6 Å². The van der Waals surface area contributed by atoms with Crippen molar-refractivity contribution in [1.29, 1.82) is 0 Å². The first-order chi connectivity index (χ1) is 30.1. The number of nitrogens with zero attached hydrogens (tertiary/aromatic N) is 2. The SMILES string of the molecule is CC(C)c1cccc(C(C)C)c1N1C=CN(c2c(C(C)C)cccc2C(C)C)C1C1[PH](c2ccccc2)(c2ccccc2)c2ccccc2[PH]1(c1ccccc1)c1ccccc1. The molecule has 316 valence electrons. The zero-order valence-corrected chi connectivity index (χ0v) is 39.8. The van der Waals surface area contributed by atoms with Gasteiger partial charge in [-0.2, -0.15) is 0 Å². The second-order valence-electron chi connectivity index (χ2n) is 18.8. The summed E-state index contributed by atoms with van der Waals surface area (Å²) in [4.78, 5) is 5.62. The van der Waals surface area contributed by atoms with Crippen LogP contribution in [0.3, 0.4) is 0 Å². The van der Waals surface area contributed by atoms with Gasteiger partial charge in [0.05, 0.1) is 0 Å². The number of hydrogen-bond acceptors (Lipinski definition) is 2. The second kappa shape index (κ2) is 17.1. The summed E-state index contributed by atoms with van der Waals surface area (Å²) in [5.74, 6) is 1.32. The number of benzene rings is 7. The van der Waals surface area contributed by atoms with E-state index < -0.39 is 14.5 Å². The minimum atomic E-state index is -3.09. The summed E-state index contributed by atoms with van der Waals surface area (Å²) in [5, 5.41) is 9.13. The Morgan fingerprint density at radius 1 is 0.323 bits per heavy atom. The molecule has 9 rings (SSSR count). The van der Waals surface area contributed by atoms with Crippen LogP contribution in [0.1, 0.15) is 101 Å². The molecule has 0 fully saturated rings. The maximum absolute atomic E-state index is 3.09. The summed E-state index contributed by atoms with van der Waals surface area (Å²) in [6, 6.07) is 71.2. The van der Waals surface area contributed by atoms with Crippen LogP contribution in [0.4, 0.5) is 11.4 Å². The fourth-order valence-corrected chi connectivity index (χ4v) is 28.4. The Labute approximate surface area is 373 Å². The molecule has 0 saturated carbocycles. The van der Waals surface area contributed by atoms with Gasteiger partial charge in [0, 0.05) is 0 Å². The van der Waals surface area contributed by atoms with Crippen molar-refractivity contribution >= 4 is 57.7 Å². The maximum atomic E-state index is 2.81. The van der Waals surface area contributed by atoms with Gasteiger partial charge in [-0.3, -0.25) is 0 Å². The van der Waals surface area contributed by atoms with Crippen LogP contribution in [-0.2, 0) is 0 Å². The summed E-state index contributed by atoms with van der Waals surface area (Å²) in [5.41, 5.74) is 8.37. The van der Waals surface area contributed by atoms with Gasteiger partial charge in [-0.05, 0) is 0 Å². The van der Waals surface area contributed by atoms with E-state index in [9.17, 15) is 0 Å². The second-order valence-corrected chi connectivity index (χ2v) is 27.3. The molecule has 0 aromatic heterocycles. The molecule has 0 atom stereocenters. The quantitative estimate of drug-likeness (QED) is 0.120. The van der Waals surface area contributed by atoms with Crippen LogP contribution in [0.5, 0.6) is 0 Å². The predicted molar refractivity (Wildman–Crippen MR) is 278 cm³/mol. The van der Waals surface area contributed by atoms with Crippen LogP contribution in [0.2, 0.25) is 0 Å². The van der Waals surface area contributed by atoms with E-state index in [0.717, 1.165) is 0 Å². The van der Waals surface area contributed by atoms with Gasteiger partial charge < -0.3 is 0 Å². The van der Waals surface area contributed by atoms with Crippen molar-refractivity contribution < 1.29 is 0 Å². The Morgan fingerprint density at radius 2 is 0.581 bits per heavy atom. The Bertz CT molecular complexity index is 2360. The van der Waals surface area contributed by atoms with Crippen molar-refractivity contribution in [3.63, 3.8) is 0 Å². The third-order valence-corrected chi connectivity index (χ3v) is 26.9. The molecule has 2 aliphatic heterocycles. The van der Waals surface area contributed by atoms with Gasteiger partial charge in [0.1, 0.15) is 0 Å². The van der Waals surface area contributed by atoms with E-state index in [1.807, 2.05) is 0 Å². The van der Waals surface area contributed by atoms with Gasteiger partial charge in [0.25, 0.3) is 0 Å². The molecule has 0 spiro atoms. The molecule has 0 unspecified atom stereocenters. The normalized spacial score (nSPS) is 17.9. The number of hydrogen-bond donors (Lipinski definition) is 0. The molecule has 0 aliphatic carbocycles. The number of anilines is 2. The van der Waals surface area contributed by atoms with Gasteiger partial charge in [-0.1, -0.05) is 0 Å². The van der Waals surface area contributed by atoms with Crippen molar-refractivity contribution in [3.8, 4) is 0 Å². The average Bonchev–Trinajstić information content (AvgIpc) is 3.85. The van der Waals surface area contributed by atoms with E-state index in [-0.39, 0.29) is 11.6 Å². The predicted octanol–water partition coefficient (Wildman–Crippen LogP) is 12.4. The van der Waals surface area contributed by atoms with Crippen LogP contribution < -0.4 is 41.6 Å². The van der Waals surface area contributed by atoms with Crippen LogP contribution in [-0.4, -0.2) is 11.6 Å².